The van der Waals surface area contributed by atoms with Gasteiger partial charge in [0, 0.05) is 25.2 Å². The van der Waals surface area contributed by atoms with Crippen LogP contribution in [0.15, 0.2) is 84.9 Å². The van der Waals surface area contributed by atoms with E-state index in [2.05, 4.69) is 59.2 Å². The molecular weight excluding hydrogens is 410 g/mol. The molecule has 3 aromatic carbocycles. The van der Waals surface area contributed by atoms with E-state index in [4.69, 9.17) is 4.74 Å². The van der Waals surface area contributed by atoms with E-state index in [1.165, 1.54) is 5.56 Å². The number of hydrogen-bond acceptors (Lipinski definition) is 4. The van der Waals surface area contributed by atoms with E-state index in [1.807, 2.05) is 42.5 Å². The second-order valence-corrected chi connectivity index (χ2v) is 8.11. The lowest BCUT2D eigenvalue weighted by atomic mass is 10.0. The third-order valence-corrected chi connectivity index (χ3v) is 5.79. The summed E-state index contributed by atoms with van der Waals surface area (Å²) in [4.78, 5) is 13.3. The molecule has 1 heterocycles. The van der Waals surface area contributed by atoms with Crippen LogP contribution in [0.1, 0.15) is 18.4 Å². The third kappa shape index (κ3) is 6.44. The molecule has 33 heavy (non-hydrogen) atoms. The molecule has 1 aliphatic rings. The number of benzene rings is 3. The molecule has 0 aliphatic carbocycles. The first-order chi connectivity index (χ1) is 16.3. The van der Waals surface area contributed by atoms with Gasteiger partial charge < -0.3 is 10.1 Å². The summed E-state index contributed by atoms with van der Waals surface area (Å²) in [6.07, 6.45) is 4.82. The lowest BCUT2D eigenvalue weighted by Crippen LogP contribution is -2.50. The molecule has 0 saturated carbocycles. The maximum absolute atomic E-state index is 13.3. The monoisotopic (exact) mass is 442 g/mol. The number of rotatable bonds is 9. The maximum atomic E-state index is 13.3. The van der Waals surface area contributed by atoms with Crippen LogP contribution in [0.5, 0.6) is 0 Å². The second-order valence-electron chi connectivity index (χ2n) is 8.11. The van der Waals surface area contributed by atoms with Gasteiger partial charge in [-0.3, -0.25) is 0 Å². The Morgan fingerprint density at radius 3 is 2.27 bits per heavy atom. The molecule has 3 aromatic rings. The fourth-order valence-corrected chi connectivity index (χ4v) is 4.10. The predicted molar refractivity (Wildman–Crippen MR) is 134 cm³/mol. The van der Waals surface area contributed by atoms with E-state index in [1.54, 1.807) is 5.01 Å². The lowest BCUT2D eigenvalue weighted by Gasteiger charge is -2.37. The van der Waals surface area contributed by atoms with Gasteiger partial charge in [-0.15, -0.1) is 0 Å². The molecule has 1 N–H and O–H groups in total. The fourth-order valence-electron chi connectivity index (χ4n) is 4.10. The number of amides is 1. The summed E-state index contributed by atoms with van der Waals surface area (Å²) in [6, 6.07) is 28.6. The lowest BCUT2D eigenvalue weighted by molar-refractivity contribution is 0.126. The van der Waals surface area contributed by atoms with E-state index in [9.17, 15) is 4.79 Å². The largest absolute Gasteiger partial charge is 0.447 e. The number of piperidine rings is 1. The molecule has 5 nitrogen and oxygen atoms in total. The molecule has 171 valence electrons. The average Bonchev–Trinajstić information content (AvgIpc) is 2.88. The SMILES string of the molecule is O=C(OCCNCCc1ccccc1)N(c1ccccc1-c1ccccc1)N1CC[CH]CC1. The van der Waals surface area contributed by atoms with Crippen LogP contribution in [0.3, 0.4) is 0 Å². The highest BCUT2D eigenvalue weighted by molar-refractivity contribution is 5.93. The maximum Gasteiger partial charge on any atom is 0.429 e. The van der Waals surface area contributed by atoms with Gasteiger partial charge in [0.1, 0.15) is 6.61 Å². The molecule has 0 unspecified atom stereocenters. The summed E-state index contributed by atoms with van der Waals surface area (Å²) in [5, 5.41) is 7.21. The van der Waals surface area contributed by atoms with E-state index >= 15 is 0 Å². The number of carbonyl (C=O) groups excluding carboxylic acids is 1. The van der Waals surface area contributed by atoms with Crippen molar-refractivity contribution in [2.24, 2.45) is 0 Å². The van der Waals surface area contributed by atoms with Gasteiger partial charge in [-0.05, 0) is 49.4 Å². The quantitative estimate of drug-likeness (QED) is 0.454. The number of anilines is 1. The van der Waals surface area contributed by atoms with Gasteiger partial charge in [-0.2, -0.15) is 0 Å². The number of nitrogens with one attached hydrogen (secondary N) is 1. The van der Waals surface area contributed by atoms with Crippen LogP contribution in [0.2, 0.25) is 0 Å². The van der Waals surface area contributed by atoms with Crippen molar-refractivity contribution < 1.29 is 9.53 Å². The topological polar surface area (TPSA) is 44.8 Å². The Bertz CT molecular complexity index is 988. The Balaban J connectivity index is 1.41. The zero-order chi connectivity index (χ0) is 22.7. The Labute approximate surface area is 197 Å². The predicted octanol–water partition coefficient (Wildman–Crippen LogP) is 5.34. The van der Waals surface area contributed by atoms with Gasteiger partial charge in [0.2, 0.25) is 0 Å². The van der Waals surface area contributed by atoms with Gasteiger partial charge in [-0.1, -0.05) is 78.9 Å². The highest BCUT2D eigenvalue weighted by atomic mass is 16.6. The van der Waals surface area contributed by atoms with Gasteiger partial charge in [0.15, 0.2) is 0 Å². The van der Waals surface area contributed by atoms with Crippen molar-refractivity contribution in [2.75, 3.05) is 37.8 Å². The summed E-state index contributed by atoms with van der Waals surface area (Å²) in [5.41, 5.74) is 4.25. The van der Waals surface area contributed by atoms with E-state index < -0.39 is 0 Å². The van der Waals surface area contributed by atoms with Crippen LogP contribution in [0.25, 0.3) is 11.1 Å². The molecule has 0 aromatic heterocycles. The molecule has 1 aliphatic heterocycles. The number of ether oxygens (including phenoxy) is 1. The van der Waals surface area contributed by atoms with Crippen molar-refractivity contribution in [1.82, 2.24) is 10.3 Å². The van der Waals surface area contributed by atoms with Crippen LogP contribution >= 0.6 is 0 Å². The summed E-state index contributed by atoms with van der Waals surface area (Å²) in [5.74, 6) is 0. The Morgan fingerprint density at radius 1 is 0.848 bits per heavy atom. The summed E-state index contributed by atoms with van der Waals surface area (Å²) in [7, 11) is 0. The molecule has 1 fully saturated rings. The van der Waals surface area contributed by atoms with Gasteiger partial charge in [0.05, 0.1) is 5.69 Å². The molecule has 5 heteroatoms. The van der Waals surface area contributed by atoms with Gasteiger partial charge in [0.25, 0.3) is 0 Å². The average molecular weight is 443 g/mol. The van der Waals surface area contributed by atoms with E-state index in [-0.39, 0.29) is 6.09 Å². The Hall–Kier alpha value is -3.15. The minimum absolute atomic E-state index is 0.329. The van der Waals surface area contributed by atoms with Gasteiger partial charge in [-0.25, -0.2) is 14.8 Å². The molecule has 4 rings (SSSR count). The smallest absolute Gasteiger partial charge is 0.429 e. The zero-order valence-corrected chi connectivity index (χ0v) is 19.0. The Kier molecular flexibility index (Phi) is 8.50. The van der Waals surface area contributed by atoms with E-state index in [0.29, 0.717) is 13.2 Å². The van der Waals surface area contributed by atoms with Crippen molar-refractivity contribution in [3.05, 3.63) is 96.9 Å². The molecule has 0 atom stereocenters. The fraction of sp³-hybridized carbons (Fsp3) is 0.286. The van der Waals surface area contributed by atoms with Crippen molar-refractivity contribution in [3.8, 4) is 11.1 Å². The second kappa shape index (κ2) is 12.2. The summed E-state index contributed by atoms with van der Waals surface area (Å²) in [6.45, 7) is 3.41. The number of hydrogen-bond donors (Lipinski definition) is 1. The highest BCUT2D eigenvalue weighted by Crippen LogP contribution is 2.32. The first-order valence-electron chi connectivity index (χ1n) is 11.8. The minimum Gasteiger partial charge on any atom is -0.447 e. The normalized spacial score (nSPS) is 14.1. The molecule has 1 radical (unpaired) electrons. The number of para-hydroxylation sites is 1. The molecular formula is C28H32N3O2. The minimum atomic E-state index is -0.329. The molecule has 0 bridgehead atoms. The first-order valence-corrected chi connectivity index (χ1v) is 11.8. The van der Waals surface area contributed by atoms with Crippen molar-refractivity contribution in [2.45, 2.75) is 19.3 Å². The van der Waals surface area contributed by atoms with Crippen LogP contribution < -0.4 is 10.3 Å². The van der Waals surface area contributed by atoms with Crippen molar-refractivity contribution in [1.29, 1.82) is 0 Å². The van der Waals surface area contributed by atoms with Crippen LogP contribution in [0, 0.1) is 6.42 Å². The standard InChI is InChI=1S/C28H32N3O2/c32-28(33-23-20-29-19-18-24-12-4-1-5-13-24)31(30-21-10-3-11-22-30)27-17-9-8-16-26(27)25-14-6-2-7-15-25/h1-9,12-17,29H,10-11,18-23H2. The number of nitrogens with zero attached hydrogens (tertiary/aromatic N) is 2. The Morgan fingerprint density at radius 2 is 1.52 bits per heavy atom. The first kappa shape index (κ1) is 23.0. The van der Waals surface area contributed by atoms with Crippen LogP contribution in [-0.4, -0.2) is 43.9 Å². The van der Waals surface area contributed by atoms with E-state index in [0.717, 1.165) is 55.7 Å². The third-order valence-electron chi connectivity index (χ3n) is 5.79. The number of carbonyl (C=O) groups is 1. The van der Waals surface area contributed by atoms with Crippen molar-refractivity contribution >= 4 is 11.8 Å². The molecule has 1 amide bonds. The number of hydrazine groups is 1. The van der Waals surface area contributed by atoms with Crippen LogP contribution in [-0.2, 0) is 11.2 Å². The molecule has 0 spiro atoms. The van der Waals surface area contributed by atoms with Gasteiger partial charge >= 0.3 is 6.09 Å². The summed E-state index contributed by atoms with van der Waals surface area (Å²) >= 11 is 0. The molecule has 1 saturated heterocycles. The van der Waals surface area contributed by atoms with Crippen LogP contribution in [0.4, 0.5) is 10.5 Å². The summed E-state index contributed by atoms with van der Waals surface area (Å²) < 4.78 is 5.73. The zero-order valence-electron chi connectivity index (χ0n) is 19.0. The highest BCUT2D eigenvalue weighted by Gasteiger charge is 2.28. The van der Waals surface area contributed by atoms with Crippen molar-refractivity contribution in [3.63, 3.8) is 0 Å².